The Kier molecular flexibility index (Phi) is 2.69. The van der Waals surface area contributed by atoms with Crippen LogP contribution in [0.2, 0.25) is 0 Å². The second-order valence-electron chi connectivity index (χ2n) is 6.17. The molecule has 1 N–H and O–H groups in total. The average molecular weight is 261 g/mol. The molecule has 5 heteroatoms. The number of nitrogens with zero attached hydrogens (tertiary/aromatic N) is 2. The Labute approximate surface area is 112 Å². The molecule has 4 aliphatic rings. The van der Waals surface area contributed by atoms with Crippen LogP contribution in [0.15, 0.2) is 10.2 Å². The number of rotatable bonds is 3. The van der Waals surface area contributed by atoms with Gasteiger partial charge >= 0.3 is 0 Å². The largest absolute Gasteiger partial charge is 0.381 e. The van der Waals surface area contributed by atoms with Gasteiger partial charge in [0.05, 0.1) is 5.71 Å². The van der Waals surface area contributed by atoms with E-state index in [1.807, 2.05) is 0 Å². The van der Waals surface area contributed by atoms with Crippen molar-refractivity contribution < 1.29 is 9.53 Å². The molecule has 2 saturated carbocycles. The Balaban J connectivity index is 1.32. The van der Waals surface area contributed by atoms with Crippen molar-refractivity contribution in [2.45, 2.75) is 25.7 Å². The van der Waals surface area contributed by atoms with E-state index in [4.69, 9.17) is 4.74 Å². The van der Waals surface area contributed by atoms with E-state index in [-0.39, 0.29) is 11.8 Å². The van der Waals surface area contributed by atoms with E-state index in [9.17, 15) is 4.79 Å². The van der Waals surface area contributed by atoms with Gasteiger partial charge in [-0.05, 0) is 37.5 Å². The number of carbonyl (C=O) groups is 1. The van der Waals surface area contributed by atoms with Crippen molar-refractivity contribution in [2.75, 3.05) is 19.8 Å². The lowest BCUT2D eigenvalue weighted by Gasteiger charge is -2.22. The van der Waals surface area contributed by atoms with Gasteiger partial charge in [0.15, 0.2) is 0 Å². The second-order valence-corrected chi connectivity index (χ2v) is 6.17. The molecule has 2 aliphatic carbocycles. The van der Waals surface area contributed by atoms with E-state index in [0.29, 0.717) is 17.5 Å². The van der Waals surface area contributed by atoms with Gasteiger partial charge in [-0.25, -0.2) is 0 Å². The zero-order valence-electron chi connectivity index (χ0n) is 11.0. The van der Waals surface area contributed by atoms with Crippen molar-refractivity contribution >= 4 is 17.3 Å². The predicted molar refractivity (Wildman–Crippen MR) is 71.1 cm³/mol. The van der Waals surface area contributed by atoms with E-state index < -0.39 is 0 Å². The highest BCUT2D eigenvalue weighted by Crippen LogP contribution is 2.54. The molecule has 5 nitrogen and oxygen atoms in total. The molecule has 0 spiro atoms. The van der Waals surface area contributed by atoms with E-state index in [1.54, 1.807) is 0 Å². The fourth-order valence-corrected chi connectivity index (χ4v) is 3.61. The molecule has 3 atom stereocenters. The molecule has 2 heterocycles. The summed E-state index contributed by atoms with van der Waals surface area (Å²) in [4.78, 5) is 12.2. The van der Waals surface area contributed by atoms with Gasteiger partial charge in [-0.1, -0.05) is 0 Å². The normalized spacial score (nSPS) is 36.3. The Morgan fingerprint density at radius 3 is 2.95 bits per heavy atom. The number of fused-ring (bicyclic) bond motifs is 3. The predicted octanol–water partition coefficient (Wildman–Crippen LogP) is 0.996. The Bertz CT molecular complexity index is 465. The smallest absolute Gasteiger partial charge is 0.268 e. The number of hydrogen-bond donors (Lipinski definition) is 1. The topological polar surface area (TPSA) is 63.0 Å². The zero-order valence-corrected chi connectivity index (χ0v) is 11.0. The number of nitrogens with one attached hydrogen (secondary N) is 1. The lowest BCUT2D eigenvalue weighted by atomic mass is 9.95. The monoisotopic (exact) mass is 261 g/mol. The van der Waals surface area contributed by atoms with Gasteiger partial charge in [0.25, 0.3) is 5.91 Å². The van der Waals surface area contributed by atoms with Crippen LogP contribution in [0.3, 0.4) is 0 Å². The van der Waals surface area contributed by atoms with Crippen LogP contribution in [0, 0.1) is 23.7 Å². The Hall–Kier alpha value is -1.23. The van der Waals surface area contributed by atoms with Crippen molar-refractivity contribution in [1.29, 1.82) is 0 Å². The van der Waals surface area contributed by atoms with Crippen LogP contribution in [0.1, 0.15) is 25.7 Å². The summed E-state index contributed by atoms with van der Waals surface area (Å²) in [5.41, 5.74) is 1.84. The van der Waals surface area contributed by atoms with Crippen LogP contribution >= 0.6 is 0 Å². The molecule has 4 rings (SSSR count). The summed E-state index contributed by atoms with van der Waals surface area (Å²) in [6.45, 7) is 2.39. The molecule has 19 heavy (non-hydrogen) atoms. The Morgan fingerprint density at radius 1 is 1.26 bits per heavy atom. The van der Waals surface area contributed by atoms with Crippen LogP contribution in [-0.4, -0.2) is 37.1 Å². The summed E-state index contributed by atoms with van der Waals surface area (Å²) in [6.07, 6.45) is 4.44. The van der Waals surface area contributed by atoms with E-state index in [1.165, 1.54) is 12.1 Å². The van der Waals surface area contributed by atoms with Crippen LogP contribution < -0.4 is 5.32 Å². The van der Waals surface area contributed by atoms with Crippen molar-refractivity contribution in [3.63, 3.8) is 0 Å². The van der Waals surface area contributed by atoms with Crippen LogP contribution in [-0.2, 0) is 9.53 Å². The highest BCUT2D eigenvalue weighted by Gasteiger charge is 2.55. The van der Waals surface area contributed by atoms with Crippen molar-refractivity contribution in [1.82, 2.24) is 5.32 Å². The third kappa shape index (κ3) is 2.00. The minimum absolute atomic E-state index is 0.00320. The Morgan fingerprint density at radius 2 is 2.11 bits per heavy atom. The standard InChI is InChI=1S/C14H19N3O2/c18-14(15-7-8-1-3-19-4-2-8)13-11-6-9-5-10(9)12(11)16-17-13/h8-11H,1-7H2,(H,15,18). The third-order valence-electron chi connectivity index (χ3n) is 4.93. The lowest BCUT2D eigenvalue weighted by Crippen LogP contribution is -2.39. The minimum atomic E-state index is -0.00320. The quantitative estimate of drug-likeness (QED) is 0.823. The van der Waals surface area contributed by atoms with Gasteiger partial charge in [0.2, 0.25) is 0 Å². The maximum Gasteiger partial charge on any atom is 0.268 e. The molecular weight excluding hydrogens is 242 g/mol. The van der Waals surface area contributed by atoms with Gasteiger partial charge in [0, 0.05) is 31.6 Å². The van der Waals surface area contributed by atoms with Gasteiger partial charge in [-0.15, -0.1) is 5.10 Å². The van der Waals surface area contributed by atoms with Gasteiger partial charge in [-0.2, -0.15) is 5.10 Å². The van der Waals surface area contributed by atoms with Crippen LogP contribution in [0.5, 0.6) is 0 Å². The molecule has 1 amide bonds. The SMILES string of the molecule is O=C(NCC1CCOCC1)C1=NN=C2C1CC1CC21. The highest BCUT2D eigenvalue weighted by molar-refractivity contribution is 6.45. The molecule has 2 aliphatic heterocycles. The molecule has 1 saturated heterocycles. The average Bonchev–Trinajstić information content (AvgIpc) is 2.93. The van der Waals surface area contributed by atoms with Crippen LogP contribution in [0.4, 0.5) is 0 Å². The van der Waals surface area contributed by atoms with E-state index in [0.717, 1.165) is 44.9 Å². The first-order valence-electron chi connectivity index (χ1n) is 7.34. The molecule has 0 aromatic carbocycles. The summed E-state index contributed by atoms with van der Waals surface area (Å²) >= 11 is 0. The van der Waals surface area contributed by atoms with Gasteiger partial charge < -0.3 is 10.1 Å². The summed E-state index contributed by atoms with van der Waals surface area (Å²) in [7, 11) is 0. The summed E-state index contributed by atoms with van der Waals surface area (Å²) in [5, 5.41) is 11.4. The van der Waals surface area contributed by atoms with Crippen LogP contribution in [0.25, 0.3) is 0 Å². The molecule has 3 unspecified atom stereocenters. The van der Waals surface area contributed by atoms with Crippen molar-refractivity contribution in [2.24, 2.45) is 33.9 Å². The third-order valence-corrected chi connectivity index (χ3v) is 4.93. The van der Waals surface area contributed by atoms with Crippen molar-refractivity contribution in [3.8, 4) is 0 Å². The summed E-state index contributed by atoms with van der Waals surface area (Å²) in [5.74, 6) is 2.22. The summed E-state index contributed by atoms with van der Waals surface area (Å²) < 4.78 is 5.32. The molecule has 0 aromatic rings. The molecule has 3 fully saturated rings. The fraction of sp³-hybridized carbons (Fsp3) is 0.786. The van der Waals surface area contributed by atoms with Gasteiger partial charge in [-0.3, -0.25) is 4.79 Å². The fourth-order valence-electron chi connectivity index (χ4n) is 3.61. The molecular formula is C14H19N3O2. The van der Waals surface area contributed by atoms with Gasteiger partial charge in [0.1, 0.15) is 5.71 Å². The maximum absolute atomic E-state index is 12.2. The molecule has 0 aromatic heterocycles. The molecule has 0 radical (unpaired) electrons. The maximum atomic E-state index is 12.2. The first kappa shape index (κ1) is 11.6. The van der Waals surface area contributed by atoms with Crippen molar-refractivity contribution in [3.05, 3.63) is 0 Å². The number of hydrogen-bond acceptors (Lipinski definition) is 4. The first-order chi connectivity index (χ1) is 9.33. The molecule has 102 valence electrons. The summed E-state index contributed by atoms with van der Waals surface area (Å²) in [6, 6.07) is 0. The van der Waals surface area contributed by atoms with E-state index in [2.05, 4.69) is 15.5 Å². The second kappa shape index (κ2) is 4.40. The molecule has 0 bridgehead atoms. The lowest BCUT2D eigenvalue weighted by molar-refractivity contribution is -0.115. The zero-order chi connectivity index (χ0) is 12.8. The number of ether oxygens (including phenoxy) is 1. The number of amides is 1. The minimum Gasteiger partial charge on any atom is -0.381 e. The van der Waals surface area contributed by atoms with E-state index >= 15 is 0 Å². The first-order valence-corrected chi connectivity index (χ1v) is 7.34. The number of carbonyl (C=O) groups excluding carboxylic acids is 1. The highest BCUT2D eigenvalue weighted by atomic mass is 16.5.